The molecule has 1 rings (SSSR count). The Morgan fingerprint density at radius 3 is 2.38 bits per heavy atom. The highest BCUT2D eigenvalue weighted by molar-refractivity contribution is 5.04. The van der Waals surface area contributed by atoms with E-state index in [2.05, 4.69) is 35.9 Å². The van der Waals surface area contributed by atoms with Crippen LogP contribution in [0.4, 0.5) is 0 Å². The van der Waals surface area contributed by atoms with Crippen molar-refractivity contribution < 1.29 is 0 Å². The van der Waals surface area contributed by atoms with Gasteiger partial charge in [-0.05, 0) is 33.5 Å². The molecule has 1 aromatic heterocycles. The van der Waals surface area contributed by atoms with Gasteiger partial charge in [-0.1, -0.05) is 20.8 Å². The number of rotatable bonds is 4. The highest BCUT2D eigenvalue weighted by Gasteiger charge is 2.12. The molecular formula is C13H25N3. The lowest BCUT2D eigenvalue weighted by Crippen LogP contribution is -2.21. The molecule has 0 aliphatic heterocycles. The predicted octanol–water partition coefficient (Wildman–Crippen LogP) is 2.87. The molecule has 0 amide bonds. The van der Waals surface area contributed by atoms with Crippen molar-refractivity contribution in [3.8, 4) is 0 Å². The summed E-state index contributed by atoms with van der Waals surface area (Å²) < 4.78 is 0. The van der Waals surface area contributed by atoms with Crippen molar-refractivity contribution in [2.75, 3.05) is 20.6 Å². The fraction of sp³-hybridized carbons (Fsp3) is 0.692. The Hall–Kier alpha value is -0.960. The Morgan fingerprint density at radius 1 is 1.31 bits per heavy atom. The minimum absolute atomic E-state index is 0.449. The molecule has 0 saturated heterocycles. The van der Waals surface area contributed by atoms with Crippen molar-refractivity contribution in [1.82, 2.24) is 14.9 Å². The number of nitrogens with zero attached hydrogens (tertiary/aromatic N) is 3. The normalized spacial score (nSPS) is 11.9. The van der Waals surface area contributed by atoms with Crippen LogP contribution in [0.1, 0.15) is 44.6 Å². The van der Waals surface area contributed by atoms with E-state index in [9.17, 15) is 0 Å². The van der Waals surface area contributed by atoms with Crippen LogP contribution in [-0.4, -0.2) is 35.5 Å². The standard InChI is InChI=1S/C11H19N3.C2H6/c1-5-10(8-14(3)4)11-12-7-6-9(2)13-11;1-2/h6-7,10H,5,8H2,1-4H3;1-2H3. The maximum atomic E-state index is 4.46. The molecule has 1 unspecified atom stereocenters. The Bertz CT molecular complexity index is 284. The summed E-state index contributed by atoms with van der Waals surface area (Å²) in [6, 6.07) is 1.94. The SMILES string of the molecule is CC.CCC(CN(C)C)c1nccc(C)n1. The van der Waals surface area contributed by atoms with Gasteiger partial charge in [0.15, 0.2) is 0 Å². The molecule has 3 heteroatoms. The van der Waals surface area contributed by atoms with Gasteiger partial charge < -0.3 is 4.90 Å². The van der Waals surface area contributed by atoms with Gasteiger partial charge in [0, 0.05) is 24.4 Å². The van der Waals surface area contributed by atoms with Crippen LogP contribution in [0.2, 0.25) is 0 Å². The van der Waals surface area contributed by atoms with Crippen LogP contribution in [0.5, 0.6) is 0 Å². The Morgan fingerprint density at radius 2 is 1.94 bits per heavy atom. The largest absolute Gasteiger partial charge is 0.309 e. The van der Waals surface area contributed by atoms with Gasteiger partial charge in [0.05, 0.1) is 0 Å². The monoisotopic (exact) mass is 223 g/mol. The average molecular weight is 223 g/mol. The molecule has 1 aromatic rings. The topological polar surface area (TPSA) is 29.0 Å². The van der Waals surface area contributed by atoms with E-state index in [0.29, 0.717) is 5.92 Å². The molecule has 92 valence electrons. The van der Waals surface area contributed by atoms with Crippen molar-refractivity contribution in [2.45, 2.75) is 40.0 Å². The second-order valence-corrected chi connectivity index (χ2v) is 3.92. The van der Waals surface area contributed by atoms with E-state index in [1.54, 1.807) is 0 Å². The molecule has 3 nitrogen and oxygen atoms in total. The fourth-order valence-corrected chi connectivity index (χ4v) is 1.50. The van der Waals surface area contributed by atoms with Crippen molar-refractivity contribution in [3.05, 3.63) is 23.8 Å². The number of likely N-dealkylation sites (N-methyl/N-ethyl adjacent to an activating group) is 1. The van der Waals surface area contributed by atoms with Crippen molar-refractivity contribution in [1.29, 1.82) is 0 Å². The maximum absolute atomic E-state index is 4.46. The van der Waals surface area contributed by atoms with Gasteiger partial charge in [-0.25, -0.2) is 9.97 Å². The van der Waals surface area contributed by atoms with E-state index in [-0.39, 0.29) is 0 Å². The molecular weight excluding hydrogens is 198 g/mol. The van der Waals surface area contributed by atoms with E-state index in [1.807, 2.05) is 33.0 Å². The van der Waals surface area contributed by atoms with E-state index in [0.717, 1.165) is 24.5 Å². The van der Waals surface area contributed by atoms with E-state index < -0.39 is 0 Å². The zero-order chi connectivity index (χ0) is 12.6. The summed E-state index contributed by atoms with van der Waals surface area (Å²) >= 11 is 0. The maximum Gasteiger partial charge on any atom is 0.132 e. The molecule has 0 aliphatic rings. The lowest BCUT2D eigenvalue weighted by molar-refractivity contribution is 0.361. The number of aromatic nitrogens is 2. The first-order valence-corrected chi connectivity index (χ1v) is 6.07. The Labute approximate surface area is 99.9 Å². The lowest BCUT2D eigenvalue weighted by atomic mass is 10.1. The number of aryl methyl sites for hydroxylation is 1. The summed E-state index contributed by atoms with van der Waals surface area (Å²) in [4.78, 5) is 11.0. The van der Waals surface area contributed by atoms with Crippen molar-refractivity contribution >= 4 is 0 Å². The highest BCUT2D eigenvalue weighted by atomic mass is 15.1. The highest BCUT2D eigenvalue weighted by Crippen LogP contribution is 2.15. The average Bonchev–Trinajstić information content (AvgIpc) is 2.28. The fourth-order valence-electron chi connectivity index (χ4n) is 1.50. The first kappa shape index (κ1) is 15.0. The van der Waals surface area contributed by atoms with Gasteiger partial charge in [0.1, 0.15) is 5.82 Å². The summed E-state index contributed by atoms with van der Waals surface area (Å²) in [5.41, 5.74) is 1.05. The molecule has 0 bridgehead atoms. The van der Waals surface area contributed by atoms with E-state index in [4.69, 9.17) is 0 Å². The second-order valence-electron chi connectivity index (χ2n) is 3.92. The zero-order valence-corrected chi connectivity index (χ0v) is 11.5. The van der Waals surface area contributed by atoms with Gasteiger partial charge in [-0.15, -0.1) is 0 Å². The Kier molecular flexibility index (Phi) is 7.73. The van der Waals surface area contributed by atoms with Crippen LogP contribution < -0.4 is 0 Å². The molecule has 0 saturated carbocycles. The minimum atomic E-state index is 0.449. The van der Waals surface area contributed by atoms with Gasteiger partial charge in [-0.3, -0.25) is 0 Å². The molecule has 0 N–H and O–H groups in total. The first-order chi connectivity index (χ1) is 7.63. The third-order valence-corrected chi connectivity index (χ3v) is 2.26. The van der Waals surface area contributed by atoms with Gasteiger partial charge in [0.2, 0.25) is 0 Å². The van der Waals surface area contributed by atoms with Crippen LogP contribution in [0.3, 0.4) is 0 Å². The van der Waals surface area contributed by atoms with Crippen molar-refractivity contribution in [2.24, 2.45) is 0 Å². The molecule has 1 atom stereocenters. The lowest BCUT2D eigenvalue weighted by Gasteiger charge is -2.18. The summed E-state index contributed by atoms with van der Waals surface area (Å²) in [5, 5.41) is 0. The summed E-state index contributed by atoms with van der Waals surface area (Å²) in [5.74, 6) is 1.42. The van der Waals surface area contributed by atoms with Crippen LogP contribution in [0, 0.1) is 6.92 Å². The minimum Gasteiger partial charge on any atom is -0.309 e. The Balaban J connectivity index is 0.00000106. The van der Waals surface area contributed by atoms with Crippen molar-refractivity contribution in [3.63, 3.8) is 0 Å². The molecule has 0 aliphatic carbocycles. The van der Waals surface area contributed by atoms with Crippen LogP contribution in [0.25, 0.3) is 0 Å². The smallest absolute Gasteiger partial charge is 0.132 e. The van der Waals surface area contributed by atoms with Gasteiger partial charge in [0.25, 0.3) is 0 Å². The van der Waals surface area contributed by atoms with Crippen LogP contribution in [0.15, 0.2) is 12.3 Å². The summed E-state index contributed by atoms with van der Waals surface area (Å²) in [6.45, 7) is 9.20. The molecule has 0 spiro atoms. The molecule has 0 fully saturated rings. The summed E-state index contributed by atoms with van der Waals surface area (Å²) in [6.07, 6.45) is 2.93. The third kappa shape index (κ3) is 5.21. The predicted molar refractivity (Wildman–Crippen MR) is 69.7 cm³/mol. The number of hydrogen-bond acceptors (Lipinski definition) is 3. The number of hydrogen-bond donors (Lipinski definition) is 0. The van der Waals surface area contributed by atoms with Crippen LogP contribution >= 0.6 is 0 Å². The van der Waals surface area contributed by atoms with E-state index >= 15 is 0 Å². The van der Waals surface area contributed by atoms with Crippen LogP contribution in [-0.2, 0) is 0 Å². The summed E-state index contributed by atoms with van der Waals surface area (Å²) in [7, 11) is 4.16. The van der Waals surface area contributed by atoms with Gasteiger partial charge in [-0.2, -0.15) is 0 Å². The molecule has 0 aromatic carbocycles. The molecule has 0 radical (unpaired) electrons. The van der Waals surface area contributed by atoms with E-state index in [1.165, 1.54) is 0 Å². The first-order valence-electron chi connectivity index (χ1n) is 6.07. The second kappa shape index (κ2) is 8.22. The van der Waals surface area contributed by atoms with Gasteiger partial charge >= 0.3 is 0 Å². The zero-order valence-electron chi connectivity index (χ0n) is 11.5. The molecule has 16 heavy (non-hydrogen) atoms. The molecule has 1 heterocycles. The third-order valence-electron chi connectivity index (χ3n) is 2.26. The quantitative estimate of drug-likeness (QED) is 0.786.